The van der Waals surface area contributed by atoms with Crippen LogP contribution in [0.1, 0.15) is 19.0 Å². The Kier molecular flexibility index (Phi) is 6.45. The predicted octanol–water partition coefficient (Wildman–Crippen LogP) is 3.95. The molecule has 2 aromatic carbocycles. The Labute approximate surface area is 180 Å². The van der Waals surface area contributed by atoms with E-state index in [0.717, 1.165) is 23.7 Å². The molecule has 0 amide bonds. The van der Waals surface area contributed by atoms with E-state index >= 15 is 0 Å². The molecule has 0 bridgehead atoms. The minimum absolute atomic E-state index is 0.0967. The quantitative estimate of drug-likeness (QED) is 0.462. The number of hydrogen-bond acceptors (Lipinski definition) is 4. The van der Waals surface area contributed by atoms with Crippen molar-refractivity contribution in [3.8, 4) is 11.5 Å². The van der Waals surface area contributed by atoms with Crippen molar-refractivity contribution >= 4 is 11.6 Å². The molecule has 6 nitrogen and oxygen atoms in total. The highest BCUT2D eigenvalue weighted by Crippen LogP contribution is 2.24. The van der Waals surface area contributed by atoms with Crippen LogP contribution in [-0.4, -0.2) is 36.6 Å². The van der Waals surface area contributed by atoms with Crippen molar-refractivity contribution in [2.24, 2.45) is 4.99 Å². The molecule has 0 spiro atoms. The third-order valence-corrected chi connectivity index (χ3v) is 5.10. The summed E-state index contributed by atoms with van der Waals surface area (Å²) in [5, 5.41) is 6.63. The normalized spacial score (nSPS) is 16.5. The second-order valence-electron chi connectivity index (χ2n) is 7.38. The molecule has 0 aliphatic carbocycles. The van der Waals surface area contributed by atoms with E-state index in [-0.39, 0.29) is 6.04 Å². The number of halogens is 2. The summed E-state index contributed by atoms with van der Waals surface area (Å²) in [5.41, 5.74) is 2.07. The van der Waals surface area contributed by atoms with Gasteiger partial charge in [0, 0.05) is 37.3 Å². The van der Waals surface area contributed by atoms with E-state index in [1.807, 2.05) is 42.2 Å². The van der Waals surface area contributed by atoms with Crippen molar-refractivity contribution < 1.29 is 13.2 Å². The molecule has 31 heavy (non-hydrogen) atoms. The second kappa shape index (κ2) is 9.59. The Balaban J connectivity index is 1.38. The van der Waals surface area contributed by atoms with E-state index < -0.39 is 11.6 Å². The summed E-state index contributed by atoms with van der Waals surface area (Å²) >= 11 is 0. The number of benzene rings is 2. The molecule has 162 valence electrons. The minimum Gasteiger partial charge on any atom is -0.444 e. The van der Waals surface area contributed by atoms with Gasteiger partial charge in [0.1, 0.15) is 23.6 Å². The van der Waals surface area contributed by atoms with Crippen molar-refractivity contribution in [1.29, 1.82) is 0 Å². The average molecular weight is 425 g/mol. The summed E-state index contributed by atoms with van der Waals surface area (Å²) in [4.78, 5) is 11.0. The third-order valence-electron chi connectivity index (χ3n) is 5.10. The number of aromatic nitrogens is 1. The fraction of sp³-hybridized carbons (Fsp3) is 0.304. The zero-order valence-electron chi connectivity index (χ0n) is 17.3. The SMILES string of the molecule is CCNC(=NCc1coc(-c2ccccc2)n1)NC1CCN(c2ccc(F)cc2F)C1. The van der Waals surface area contributed by atoms with Crippen LogP contribution in [-0.2, 0) is 6.54 Å². The van der Waals surface area contributed by atoms with Gasteiger partial charge < -0.3 is 20.0 Å². The van der Waals surface area contributed by atoms with E-state index in [0.29, 0.717) is 43.7 Å². The van der Waals surface area contributed by atoms with E-state index in [1.54, 1.807) is 6.26 Å². The van der Waals surface area contributed by atoms with Gasteiger partial charge in [0.15, 0.2) is 5.96 Å². The fourth-order valence-corrected chi connectivity index (χ4v) is 3.60. The van der Waals surface area contributed by atoms with E-state index in [4.69, 9.17) is 4.42 Å². The molecule has 4 rings (SSSR count). The van der Waals surface area contributed by atoms with Crippen molar-refractivity contribution in [3.05, 3.63) is 72.1 Å². The Morgan fingerprint density at radius 3 is 2.84 bits per heavy atom. The summed E-state index contributed by atoms with van der Waals surface area (Å²) in [5.74, 6) is 0.121. The molecule has 1 aliphatic heterocycles. The van der Waals surface area contributed by atoms with Gasteiger partial charge >= 0.3 is 0 Å². The van der Waals surface area contributed by atoms with Crippen LogP contribution in [0.15, 0.2) is 64.2 Å². The first-order valence-electron chi connectivity index (χ1n) is 10.4. The van der Waals surface area contributed by atoms with E-state index in [9.17, 15) is 8.78 Å². The number of rotatable bonds is 6. The van der Waals surface area contributed by atoms with Gasteiger partial charge in [-0.3, -0.25) is 0 Å². The predicted molar refractivity (Wildman–Crippen MR) is 117 cm³/mol. The van der Waals surface area contributed by atoms with Crippen molar-refractivity contribution in [2.45, 2.75) is 25.9 Å². The van der Waals surface area contributed by atoms with Gasteiger partial charge in [-0.25, -0.2) is 18.8 Å². The number of nitrogens with one attached hydrogen (secondary N) is 2. The molecule has 1 fully saturated rings. The van der Waals surface area contributed by atoms with Gasteiger partial charge in [0.05, 0.1) is 12.2 Å². The standard InChI is InChI=1S/C23H25F2N5O/c1-2-26-23(27-13-19-15-31-22(28-19)16-6-4-3-5-7-16)29-18-10-11-30(14-18)21-9-8-17(24)12-20(21)25/h3-9,12,15,18H,2,10-11,13-14H2,1H3,(H2,26,27,29). The average Bonchev–Trinajstić information content (AvgIpc) is 3.43. The van der Waals surface area contributed by atoms with Gasteiger partial charge in [-0.1, -0.05) is 18.2 Å². The Morgan fingerprint density at radius 2 is 2.06 bits per heavy atom. The number of anilines is 1. The highest BCUT2D eigenvalue weighted by molar-refractivity contribution is 5.80. The van der Waals surface area contributed by atoms with E-state index in [2.05, 4.69) is 20.6 Å². The lowest BCUT2D eigenvalue weighted by Crippen LogP contribution is -2.44. The molecule has 3 aromatic rings. The van der Waals surface area contributed by atoms with Crippen molar-refractivity contribution in [1.82, 2.24) is 15.6 Å². The molecule has 1 aromatic heterocycles. The van der Waals surface area contributed by atoms with Crippen LogP contribution in [0.4, 0.5) is 14.5 Å². The molecule has 2 heterocycles. The summed E-state index contributed by atoms with van der Waals surface area (Å²) in [6.07, 6.45) is 2.44. The topological polar surface area (TPSA) is 65.7 Å². The van der Waals surface area contributed by atoms with Crippen LogP contribution in [0.2, 0.25) is 0 Å². The summed E-state index contributed by atoms with van der Waals surface area (Å²) in [6, 6.07) is 13.5. The molecule has 1 unspecified atom stereocenters. The molecule has 2 N–H and O–H groups in total. The molecule has 1 saturated heterocycles. The lowest BCUT2D eigenvalue weighted by atomic mass is 10.2. The molecule has 1 aliphatic rings. The Bertz CT molecular complexity index is 1040. The number of guanidine groups is 1. The van der Waals surface area contributed by atoms with Crippen LogP contribution in [0, 0.1) is 11.6 Å². The zero-order chi connectivity index (χ0) is 21.6. The summed E-state index contributed by atoms with van der Waals surface area (Å²) < 4.78 is 32.8. The maximum Gasteiger partial charge on any atom is 0.226 e. The molecular formula is C23H25F2N5O. The molecule has 0 saturated carbocycles. The number of aliphatic imine (C=N–C) groups is 1. The highest BCUT2D eigenvalue weighted by atomic mass is 19.1. The second-order valence-corrected chi connectivity index (χ2v) is 7.38. The van der Waals surface area contributed by atoms with Crippen molar-refractivity contribution in [3.63, 3.8) is 0 Å². The summed E-state index contributed by atoms with van der Waals surface area (Å²) in [6.45, 7) is 4.37. The Morgan fingerprint density at radius 1 is 1.23 bits per heavy atom. The Hall–Kier alpha value is -3.42. The highest BCUT2D eigenvalue weighted by Gasteiger charge is 2.25. The lowest BCUT2D eigenvalue weighted by Gasteiger charge is -2.20. The first-order valence-corrected chi connectivity index (χ1v) is 10.4. The van der Waals surface area contributed by atoms with Gasteiger partial charge in [-0.15, -0.1) is 0 Å². The third kappa shape index (κ3) is 5.20. The molecule has 1 atom stereocenters. The number of nitrogens with zero attached hydrogens (tertiary/aromatic N) is 3. The minimum atomic E-state index is -0.569. The van der Waals surface area contributed by atoms with Crippen LogP contribution in [0.5, 0.6) is 0 Å². The molecule has 8 heteroatoms. The fourth-order valence-electron chi connectivity index (χ4n) is 3.60. The largest absolute Gasteiger partial charge is 0.444 e. The first kappa shape index (κ1) is 20.8. The van der Waals surface area contributed by atoms with Crippen LogP contribution >= 0.6 is 0 Å². The van der Waals surface area contributed by atoms with Crippen LogP contribution in [0.25, 0.3) is 11.5 Å². The van der Waals surface area contributed by atoms with Crippen LogP contribution in [0.3, 0.4) is 0 Å². The number of hydrogen-bond donors (Lipinski definition) is 2. The first-order chi connectivity index (χ1) is 15.1. The van der Waals surface area contributed by atoms with Gasteiger partial charge in [-0.05, 0) is 37.6 Å². The maximum atomic E-state index is 14.1. The molecule has 0 radical (unpaired) electrons. The van der Waals surface area contributed by atoms with Gasteiger partial charge in [0.25, 0.3) is 0 Å². The lowest BCUT2D eigenvalue weighted by molar-refractivity contribution is 0.572. The smallest absolute Gasteiger partial charge is 0.226 e. The monoisotopic (exact) mass is 425 g/mol. The number of oxazole rings is 1. The van der Waals surface area contributed by atoms with Gasteiger partial charge in [-0.2, -0.15) is 0 Å². The summed E-state index contributed by atoms with van der Waals surface area (Å²) in [7, 11) is 0. The van der Waals surface area contributed by atoms with E-state index in [1.165, 1.54) is 12.1 Å². The van der Waals surface area contributed by atoms with Crippen molar-refractivity contribution in [2.75, 3.05) is 24.5 Å². The molecular weight excluding hydrogens is 400 g/mol. The maximum absolute atomic E-state index is 14.1. The zero-order valence-corrected chi connectivity index (χ0v) is 17.3. The van der Waals surface area contributed by atoms with Crippen LogP contribution < -0.4 is 15.5 Å². The van der Waals surface area contributed by atoms with Gasteiger partial charge in [0.2, 0.25) is 5.89 Å².